The quantitative estimate of drug-likeness (QED) is 0.0570. The third-order valence-corrected chi connectivity index (χ3v) is 16.2. The number of hydrogen-bond acceptors (Lipinski definition) is 4. The zero-order valence-electron chi connectivity index (χ0n) is 48.3. The van der Waals surface area contributed by atoms with E-state index in [1.807, 2.05) is 0 Å². The molecule has 410 valence electrons. The molecule has 1 fully saturated rings. The third-order valence-electron chi connectivity index (χ3n) is 16.2. The molecule has 6 nitrogen and oxygen atoms in total. The van der Waals surface area contributed by atoms with E-state index in [4.69, 9.17) is 0 Å². The third kappa shape index (κ3) is 38.2. The summed E-state index contributed by atoms with van der Waals surface area (Å²) in [5.41, 5.74) is 0.395. The van der Waals surface area contributed by atoms with Crippen molar-refractivity contribution >= 4 is 11.8 Å². The van der Waals surface area contributed by atoms with Gasteiger partial charge >= 0.3 is 0 Å². The zero-order chi connectivity index (χ0) is 50.1. The lowest BCUT2D eigenvalue weighted by Gasteiger charge is -2.54. The van der Waals surface area contributed by atoms with Crippen LogP contribution in [0, 0.1) is 0 Å². The van der Waals surface area contributed by atoms with E-state index in [-0.39, 0.29) is 0 Å². The normalized spacial score (nSPS) is 15.1. The van der Waals surface area contributed by atoms with Crippen LogP contribution in [0.4, 0.5) is 0 Å². The highest BCUT2D eigenvalue weighted by molar-refractivity contribution is 5.76. The first kappa shape index (κ1) is 65.9. The van der Waals surface area contributed by atoms with E-state index >= 15 is 0 Å². The molecule has 0 spiro atoms. The smallest absolute Gasteiger partial charge is 0.222 e. The minimum Gasteiger partial charge on any atom is -0.343 e. The summed E-state index contributed by atoms with van der Waals surface area (Å²) in [7, 11) is 4.47. The van der Waals surface area contributed by atoms with Gasteiger partial charge in [0.25, 0.3) is 0 Å². The van der Waals surface area contributed by atoms with Crippen molar-refractivity contribution in [2.75, 3.05) is 59.9 Å². The maximum atomic E-state index is 13.5. The van der Waals surface area contributed by atoms with Gasteiger partial charge in [0.1, 0.15) is 0 Å². The lowest BCUT2D eigenvalue weighted by Crippen LogP contribution is -2.60. The fourth-order valence-corrected chi connectivity index (χ4v) is 11.2. The van der Waals surface area contributed by atoms with Crippen molar-refractivity contribution in [1.82, 2.24) is 19.6 Å². The molecule has 1 aliphatic heterocycles. The van der Waals surface area contributed by atoms with Crippen molar-refractivity contribution < 1.29 is 9.59 Å². The molecule has 0 bridgehead atoms. The van der Waals surface area contributed by atoms with Gasteiger partial charge in [-0.25, -0.2) is 0 Å². The highest BCUT2D eigenvalue weighted by Gasteiger charge is 2.42. The summed E-state index contributed by atoms with van der Waals surface area (Å²) in [6, 6.07) is 0. The van der Waals surface area contributed by atoms with Gasteiger partial charge in [-0.1, -0.05) is 252 Å². The van der Waals surface area contributed by atoms with Gasteiger partial charge in [-0.15, -0.1) is 0 Å². The molecule has 0 N–H and O–H groups in total. The first-order valence-corrected chi connectivity index (χ1v) is 31.8. The van der Waals surface area contributed by atoms with Crippen LogP contribution >= 0.6 is 0 Å². The molecule has 0 aromatic heterocycles. The first-order chi connectivity index (χ1) is 33.8. The number of nitrogens with zero attached hydrogens (tertiary/aromatic N) is 4. The van der Waals surface area contributed by atoms with Crippen molar-refractivity contribution in [1.29, 1.82) is 0 Å². The molecule has 0 aromatic rings. The predicted octanol–water partition coefficient (Wildman–Crippen LogP) is 18.7. The van der Waals surface area contributed by atoms with E-state index < -0.39 is 0 Å². The number of amides is 2. The lowest BCUT2D eigenvalue weighted by molar-refractivity contribution is -0.132. The predicted molar refractivity (Wildman–Crippen MR) is 306 cm³/mol. The molecular weight excluding hydrogens is 845 g/mol. The van der Waals surface area contributed by atoms with Gasteiger partial charge in [0.05, 0.1) is 0 Å². The second-order valence-corrected chi connectivity index (χ2v) is 23.0. The van der Waals surface area contributed by atoms with E-state index in [2.05, 4.69) is 61.4 Å². The SMILES string of the molecule is CCCCCCCCCCN(CCCCCCCCCC)C(=O)CCCCCCCN1CCC1(CCCCCCCC(=O)N(CCCCCCCCCC)CCCCCCCCCC)CCN(C)C. The fourth-order valence-electron chi connectivity index (χ4n) is 11.2. The van der Waals surface area contributed by atoms with E-state index in [1.165, 1.54) is 296 Å². The monoisotopic (exact) mass is 971 g/mol. The molecule has 0 saturated carbocycles. The molecule has 2 amide bonds. The molecular formula is C63H126N4O2. The molecule has 6 heteroatoms. The average molecular weight is 972 g/mol. The van der Waals surface area contributed by atoms with Crippen molar-refractivity contribution in [2.24, 2.45) is 0 Å². The zero-order valence-corrected chi connectivity index (χ0v) is 48.3. The Morgan fingerprint density at radius 2 is 0.638 bits per heavy atom. The van der Waals surface area contributed by atoms with Crippen molar-refractivity contribution in [3.8, 4) is 0 Å². The van der Waals surface area contributed by atoms with Crippen LogP contribution in [0.3, 0.4) is 0 Å². The number of rotatable bonds is 55. The van der Waals surface area contributed by atoms with Crippen LogP contribution in [-0.2, 0) is 9.59 Å². The molecule has 1 rings (SSSR count). The molecule has 69 heavy (non-hydrogen) atoms. The van der Waals surface area contributed by atoms with E-state index in [0.29, 0.717) is 17.4 Å². The standard InChI is InChI=1S/C63H126N4O2/c1-7-11-15-19-23-27-36-44-54-65(55-45-37-28-24-20-16-12-8-2)61(68)49-41-33-31-35-43-51-63(52-59-64(5)6)53-60-67(63)58-48-40-32-34-42-50-62(69)66(56-46-38-29-25-21-17-13-9-3)57-47-39-30-26-22-18-14-10-4/h7-60H2,1-6H3. The van der Waals surface area contributed by atoms with Gasteiger partial charge in [0.15, 0.2) is 0 Å². The number of hydrogen-bond donors (Lipinski definition) is 0. The molecule has 1 unspecified atom stereocenters. The van der Waals surface area contributed by atoms with Crippen LogP contribution in [-0.4, -0.2) is 96.9 Å². The molecule has 1 saturated heterocycles. The lowest BCUT2D eigenvalue weighted by atomic mass is 9.76. The summed E-state index contributed by atoms with van der Waals surface area (Å²) in [6.07, 6.45) is 60.3. The van der Waals surface area contributed by atoms with Gasteiger partial charge in [-0.3, -0.25) is 14.5 Å². The van der Waals surface area contributed by atoms with Crippen LogP contribution in [0.25, 0.3) is 0 Å². The highest BCUT2D eigenvalue weighted by atomic mass is 16.2. The fraction of sp³-hybridized carbons (Fsp3) is 0.968. The Bertz CT molecular complexity index is 1060. The minimum atomic E-state index is 0.395. The Labute approximate surface area is 434 Å². The summed E-state index contributed by atoms with van der Waals surface area (Å²) in [6.45, 7) is 16.8. The van der Waals surface area contributed by atoms with Gasteiger partial charge in [-0.2, -0.15) is 0 Å². The van der Waals surface area contributed by atoms with E-state index in [1.54, 1.807) is 0 Å². The highest BCUT2D eigenvalue weighted by Crippen LogP contribution is 2.39. The Hall–Kier alpha value is -1.14. The van der Waals surface area contributed by atoms with Crippen LogP contribution in [0.15, 0.2) is 0 Å². The number of unbranched alkanes of at least 4 members (excludes halogenated alkanes) is 36. The van der Waals surface area contributed by atoms with Gasteiger partial charge < -0.3 is 14.7 Å². The first-order valence-electron chi connectivity index (χ1n) is 31.8. The number of carbonyl (C=O) groups is 2. The van der Waals surface area contributed by atoms with Gasteiger partial charge in [-0.05, 0) is 91.4 Å². The van der Waals surface area contributed by atoms with Gasteiger partial charge in [0, 0.05) is 51.1 Å². The summed E-state index contributed by atoms with van der Waals surface area (Å²) < 4.78 is 0. The summed E-state index contributed by atoms with van der Waals surface area (Å²) in [4.78, 5) is 36.8. The maximum absolute atomic E-state index is 13.5. The molecule has 1 heterocycles. The minimum absolute atomic E-state index is 0.395. The van der Waals surface area contributed by atoms with Crippen molar-refractivity contribution in [2.45, 2.75) is 335 Å². The van der Waals surface area contributed by atoms with Crippen molar-refractivity contribution in [3.63, 3.8) is 0 Å². The second-order valence-electron chi connectivity index (χ2n) is 23.0. The van der Waals surface area contributed by atoms with Crippen LogP contribution in [0.5, 0.6) is 0 Å². The second kappa shape index (κ2) is 49.1. The summed E-state index contributed by atoms with van der Waals surface area (Å²) in [5.74, 6) is 0.864. The maximum Gasteiger partial charge on any atom is 0.222 e. The van der Waals surface area contributed by atoms with Crippen molar-refractivity contribution in [3.05, 3.63) is 0 Å². The van der Waals surface area contributed by atoms with Crippen LogP contribution < -0.4 is 0 Å². The molecule has 0 aromatic carbocycles. The Morgan fingerprint density at radius 3 is 0.942 bits per heavy atom. The average Bonchev–Trinajstić information content (AvgIpc) is 3.34. The summed E-state index contributed by atoms with van der Waals surface area (Å²) in [5, 5.41) is 0. The Kier molecular flexibility index (Phi) is 46.9. The molecule has 0 radical (unpaired) electrons. The van der Waals surface area contributed by atoms with Gasteiger partial charge in [0.2, 0.25) is 11.8 Å². The Morgan fingerprint density at radius 1 is 0.348 bits per heavy atom. The van der Waals surface area contributed by atoms with E-state index in [0.717, 1.165) is 51.9 Å². The summed E-state index contributed by atoms with van der Waals surface area (Å²) >= 11 is 0. The van der Waals surface area contributed by atoms with Crippen LogP contribution in [0.2, 0.25) is 0 Å². The van der Waals surface area contributed by atoms with Crippen LogP contribution in [0.1, 0.15) is 329 Å². The molecule has 1 aliphatic rings. The molecule has 1 atom stereocenters. The molecule has 0 aliphatic carbocycles. The topological polar surface area (TPSA) is 47.1 Å². The number of carbonyl (C=O) groups excluding carboxylic acids is 2. The Balaban J connectivity index is 2.44. The largest absolute Gasteiger partial charge is 0.343 e. The van der Waals surface area contributed by atoms with E-state index in [9.17, 15) is 9.59 Å². The number of likely N-dealkylation sites (tertiary alicyclic amines) is 1.